The Bertz CT molecular complexity index is 1140. The average Bonchev–Trinajstić information content (AvgIpc) is 3.31. The molecule has 6 nitrogen and oxygen atoms in total. The lowest BCUT2D eigenvalue weighted by Gasteiger charge is -2.12. The zero-order valence-corrected chi connectivity index (χ0v) is 17.0. The van der Waals surface area contributed by atoms with Crippen LogP contribution in [0.4, 0.5) is 11.4 Å². The second-order valence-corrected chi connectivity index (χ2v) is 7.18. The molecular formula is C25H24N4O2. The van der Waals surface area contributed by atoms with E-state index in [2.05, 4.69) is 27.4 Å². The van der Waals surface area contributed by atoms with Crippen LogP contribution in [0.1, 0.15) is 11.1 Å². The molecule has 0 saturated heterocycles. The van der Waals surface area contributed by atoms with Crippen LogP contribution in [0, 0.1) is 0 Å². The Labute approximate surface area is 181 Å². The minimum Gasteiger partial charge on any atom is -0.493 e. The molecule has 0 bridgehead atoms. The highest BCUT2D eigenvalue weighted by atomic mass is 16.5. The summed E-state index contributed by atoms with van der Waals surface area (Å²) in [6, 6.07) is 23.8. The maximum absolute atomic E-state index is 11.3. The summed E-state index contributed by atoms with van der Waals surface area (Å²) in [6.45, 7) is 0.569. The fourth-order valence-electron chi connectivity index (χ4n) is 3.39. The van der Waals surface area contributed by atoms with E-state index in [1.165, 1.54) is 5.56 Å². The van der Waals surface area contributed by atoms with Crippen molar-refractivity contribution in [3.05, 3.63) is 96.4 Å². The van der Waals surface area contributed by atoms with Crippen molar-refractivity contribution in [1.82, 2.24) is 9.97 Å². The van der Waals surface area contributed by atoms with Crippen molar-refractivity contribution < 1.29 is 9.53 Å². The zero-order chi connectivity index (χ0) is 21.5. The number of carbonyl (C=O) groups excluding carboxylic acids is 1. The summed E-state index contributed by atoms with van der Waals surface area (Å²) in [7, 11) is 0. The highest BCUT2D eigenvalue weighted by molar-refractivity contribution is 5.79. The average molecular weight is 412 g/mol. The molecule has 31 heavy (non-hydrogen) atoms. The fraction of sp³-hybridized carbons (Fsp3) is 0.120. The van der Waals surface area contributed by atoms with Crippen LogP contribution in [0.2, 0.25) is 0 Å². The molecule has 1 heterocycles. The largest absolute Gasteiger partial charge is 0.493 e. The molecule has 0 radical (unpaired) electrons. The van der Waals surface area contributed by atoms with Crippen molar-refractivity contribution in [2.75, 3.05) is 11.9 Å². The number of aromatic amines is 1. The first-order valence-electron chi connectivity index (χ1n) is 10.1. The molecule has 0 atom stereocenters. The van der Waals surface area contributed by atoms with E-state index in [9.17, 15) is 4.79 Å². The number of benzene rings is 3. The van der Waals surface area contributed by atoms with Gasteiger partial charge in [-0.1, -0.05) is 42.5 Å². The number of rotatable bonds is 9. The standard InChI is InChI=1S/C25H24N4O2/c26-25(30)15-19-5-1-3-7-22(19)29-20-11-9-18(10-12-20)13-14-31-24-8-4-2-6-21(24)23-16-27-17-28-23/h1-12,16-17,29H,13-15H2,(H2,26,30)(H,27,28). The van der Waals surface area contributed by atoms with Gasteiger partial charge in [0.25, 0.3) is 0 Å². The Morgan fingerprint density at radius 2 is 1.77 bits per heavy atom. The van der Waals surface area contributed by atoms with Gasteiger partial charge in [0.1, 0.15) is 5.75 Å². The number of para-hydroxylation sites is 2. The van der Waals surface area contributed by atoms with Crippen LogP contribution in [0.15, 0.2) is 85.3 Å². The number of anilines is 2. The number of amides is 1. The smallest absolute Gasteiger partial charge is 0.221 e. The molecule has 4 rings (SSSR count). The van der Waals surface area contributed by atoms with Gasteiger partial charge in [-0.15, -0.1) is 0 Å². The molecule has 4 aromatic rings. The number of hydrogen-bond acceptors (Lipinski definition) is 4. The summed E-state index contributed by atoms with van der Waals surface area (Å²) in [6.07, 6.45) is 4.44. The molecule has 0 aliphatic heterocycles. The number of imidazole rings is 1. The third-order valence-electron chi connectivity index (χ3n) is 4.94. The molecule has 156 valence electrons. The van der Waals surface area contributed by atoms with Gasteiger partial charge in [0.05, 0.1) is 31.2 Å². The SMILES string of the molecule is NC(=O)Cc1ccccc1Nc1ccc(CCOc2ccccc2-c2cnc[nH]2)cc1. The second kappa shape index (κ2) is 9.63. The lowest BCUT2D eigenvalue weighted by atomic mass is 10.1. The number of aromatic nitrogens is 2. The number of carbonyl (C=O) groups is 1. The third-order valence-corrected chi connectivity index (χ3v) is 4.94. The first kappa shape index (κ1) is 20.2. The van der Waals surface area contributed by atoms with E-state index >= 15 is 0 Å². The van der Waals surface area contributed by atoms with Gasteiger partial charge in [0.2, 0.25) is 5.91 Å². The van der Waals surface area contributed by atoms with Gasteiger partial charge in [0.15, 0.2) is 0 Å². The molecule has 0 saturated carbocycles. The second-order valence-electron chi connectivity index (χ2n) is 7.18. The summed E-state index contributed by atoms with van der Waals surface area (Å²) < 4.78 is 6.04. The molecule has 0 fully saturated rings. The van der Waals surface area contributed by atoms with Crippen LogP contribution in [-0.4, -0.2) is 22.5 Å². The lowest BCUT2D eigenvalue weighted by Crippen LogP contribution is -2.14. The van der Waals surface area contributed by atoms with E-state index in [0.717, 1.165) is 40.4 Å². The molecule has 4 N–H and O–H groups in total. The first-order valence-corrected chi connectivity index (χ1v) is 10.1. The predicted octanol–water partition coefficient (Wildman–Crippen LogP) is 4.47. The van der Waals surface area contributed by atoms with Gasteiger partial charge in [0, 0.05) is 23.4 Å². The molecule has 1 amide bonds. The fourth-order valence-corrected chi connectivity index (χ4v) is 3.39. The topological polar surface area (TPSA) is 93.0 Å². The lowest BCUT2D eigenvalue weighted by molar-refractivity contribution is -0.117. The first-order chi connectivity index (χ1) is 15.2. The Morgan fingerprint density at radius 1 is 1.00 bits per heavy atom. The Hall–Kier alpha value is -4.06. The minimum atomic E-state index is -0.348. The quantitative estimate of drug-likeness (QED) is 0.378. The van der Waals surface area contributed by atoms with Gasteiger partial charge >= 0.3 is 0 Å². The number of nitrogens with zero attached hydrogens (tertiary/aromatic N) is 1. The van der Waals surface area contributed by atoms with Crippen LogP contribution >= 0.6 is 0 Å². The van der Waals surface area contributed by atoms with Crippen LogP contribution in [0.5, 0.6) is 5.75 Å². The van der Waals surface area contributed by atoms with Gasteiger partial charge in [-0.25, -0.2) is 4.98 Å². The van der Waals surface area contributed by atoms with Crippen LogP contribution in [0.3, 0.4) is 0 Å². The molecule has 6 heteroatoms. The zero-order valence-electron chi connectivity index (χ0n) is 17.0. The Kier molecular flexibility index (Phi) is 6.28. The summed E-state index contributed by atoms with van der Waals surface area (Å²) in [5.41, 5.74) is 11.2. The van der Waals surface area contributed by atoms with E-state index in [-0.39, 0.29) is 12.3 Å². The normalized spacial score (nSPS) is 10.6. The third kappa shape index (κ3) is 5.30. The Morgan fingerprint density at radius 3 is 2.55 bits per heavy atom. The maximum Gasteiger partial charge on any atom is 0.221 e. The van der Waals surface area contributed by atoms with E-state index in [1.807, 2.05) is 60.7 Å². The molecule has 0 aliphatic carbocycles. The molecule has 1 aromatic heterocycles. The number of ether oxygens (including phenoxy) is 1. The van der Waals surface area contributed by atoms with Gasteiger partial charge in [-0.3, -0.25) is 4.79 Å². The van der Waals surface area contributed by atoms with Gasteiger partial charge < -0.3 is 20.8 Å². The minimum absolute atomic E-state index is 0.207. The molecule has 0 aliphatic rings. The molecule has 0 spiro atoms. The van der Waals surface area contributed by atoms with E-state index in [0.29, 0.717) is 6.61 Å². The van der Waals surface area contributed by atoms with Crippen molar-refractivity contribution >= 4 is 17.3 Å². The number of H-pyrrole nitrogens is 1. The number of nitrogens with one attached hydrogen (secondary N) is 2. The van der Waals surface area contributed by atoms with E-state index in [1.54, 1.807) is 12.5 Å². The summed E-state index contributed by atoms with van der Waals surface area (Å²) in [5, 5.41) is 3.36. The Balaban J connectivity index is 1.36. The van der Waals surface area contributed by atoms with Gasteiger partial charge in [-0.05, 0) is 41.5 Å². The summed E-state index contributed by atoms with van der Waals surface area (Å²) >= 11 is 0. The number of primary amides is 1. The van der Waals surface area contributed by atoms with E-state index in [4.69, 9.17) is 10.5 Å². The predicted molar refractivity (Wildman–Crippen MR) is 122 cm³/mol. The molecule has 0 unspecified atom stereocenters. The summed E-state index contributed by atoms with van der Waals surface area (Å²) in [5.74, 6) is 0.481. The van der Waals surface area contributed by atoms with Crippen LogP contribution in [0.25, 0.3) is 11.3 Å². The van der Waals surface area contributed by atoms with E-state index < -0.39 is 0 Å². The van der Waals surface area contributed by atoms with Crippen LogP contribution < -0.4 is 15.8 Å². The summed E-state index contributed by atoms with van der Waals surface area (Å²) in [4.78, 5) is 18.5. The van der Waals surface area contributed by atoms with Crippen molar-refractivity contribution in [2.45, 2.75) is 12.8 Å². The van der Waals surface area contributed by atoms with Crippen molar-refractivity contribution in [3.63, 3.8) is 0 Å². The highest BCUT2D eigenvalue weighted by Gasteiger charge is 2.08. The number of nitrogens with two attached hydrogens (primary N) is 1. The number of hydrogen-bond donors (Lipinski definition) is 3. The van der Waals surface area contributed by atoms with Crippen molar-refractivity contribution in [1.29, 1.82) is 0 Å². The van der Waals surface area contributed by atoms with Crippen molar-refractivity contribution in [3.8, 4) is 17.0 Å². The monoisotopic (exact) mass is 412 g/mol. The van der Waals surface area contributed by atoms with Crippen molar-refractivity contribution in [2.24, 2.45) is 5.73 Å². The van der Waals surface area contributed by atoms with Crippen LogP contribution in [-0.2, 0) is 17.6 Å². The highest BCUT2D eigenvalue weighted by Crippen LogP contribution is 2.28. The van der Waals surface area contributed by atoms with Gasteiger partial charge in [-0.2, -0.15) is 0 Å². The molecule has 3 aromatic carbocycles. The maximum atomic E-state index is 11.3. The molecular weight excluding hydrogens is 388 g/mol.